The number of rotatable bonds is 4. The van der Waals surface area contributed by atoms with Crippen molar-refractivity contribution in [1.29, 1.82) is 0 Å². The molecule has 0 spiro atoms. The fourth-order valence-electron chi connectivity index (χ4n) is 1.62. The Kier molecular flexibility index (Phi) is 5.75. The standard InChI is InChI=1S/C14H15ClOS3/c1-9(2)13(16)17-7-12-8-18-14(19-12)10-3-5-11(15)6-4-10/h3-6,12,14H,1,7-8H2,2H3. The van der Waals surface area contributed by atoms with Gasteiger partial charge in [0.25, 0.3) is 0 Å². The second kappa shape index (κ2) is 7.11. The summed E-state index contributed by atoms with van der Waals surface area (Å²) >= 11 is 11.2. The van der Waals surface area contributed by atoms with E-state index in [1.54, 1.807) is 6.92 Å². The number of thioether (sulfide) groups is 3. The molecule has 1 heterocycles. The van der Waals surface area contributed by atoms with Gasteiger partial charge >= 0.3 is 0 Å². The van der Waals surface area contributed by atoms with Gasteiger partial charge in [-0.15, -0.1) is 23.5 Å². The van der Waals surface area contributed by atoms with Crippen molar-refractivity contribution >= 4 is 52.0 Å². The topological polar surface area (TPSA) is 17.1 Å². The predicted octanol–water partition coefficient (Wildman–Crippen LogP) is 5.02. The van der Waals surface area contributed by atoms with Crippen LogP contribution in [0.2, 0.25) is 5.02 Å². The molecule has 2 rings (SSSR count). The Bertz CT molecular complexity index is 472. The zero-order valence-electron chi connectivity index (χ0n) is 10.6. The van der Waals surface area contributed by atoms with Gasteiger partial charge in [0.05, 0.1) is 4.58 Å². The van der Waals surface area contributed by atoms with Crippen LogP contribution in [0.1, 0.15) is 17.1 Å². The lowest BCUT2D eigenvalue weighted by molar-refractivity contribution is -0.107. The van der Waals surface area contributed by atoms with Crippen molar-refractivity contribution < 1.29 is 4.79 Å². The van der Waals surface area contributed by atoms with E-state index < -0.39 is 0 Å². The molecule has 1 aliphatic rings. The van der Waals surface area contributed by atoms with E-state index in [1.807, 2.05) is 35.7 Å². The molecule has 1 saturated heterocycles. The van der Waals surface area contributed by atoms with Crippen LogP contribution in [-0.2, 0) is 4.79 Å². The summed E-state index contributed by atoms with van der Waals surface area (Å²) in [6.45, 7) is 5.44. The van der Waals surface area contributed by atoms with E-state index in [4.69, 9.17) is 11.6 Å². The molecule has 19 heavy (non-hydrogen) atoms. The van der Waals surface area contributed by atoms with Crippen molar-refractivity contribution in [3.63, 3.8) is 0 Å². The molecular formula is C14H15ClOS3. The van der Waals surface area contributed by atoms with Crippen LogP contribution in [0.5, 0.6) is 0 Å². The van der Waals surface area contributed by atoms with E-state index in [0.717, 1.165) is 16.5 Å². The van der Waals surface area contributed by atoms with Crippen molar-refractivity contribution in [3.8, 4) is 0 Å². The van der Waals surface area contributed by atoms with Crippen LogP contribution in [0.3, 0.4) is 0 Å². The Morgan fingerprint density at radius 3 is 2.79 bits per heavy atom. The third kappa shape index (κ3) is 4.48. The van der Waals surface area contributed by atoms with Gasteiger partial charge in [-0.05, 0) is 30.2 Å². The Hall–Kier alpha value is -0.0300. The minimum atomic E-state index is 0.112. The summed E-state index contributed by atoms with van der Waals surface area (Å²) in [7, 11) is 0. The summed E-state index contributed by atoms with van der Waals surface area (Å²) in [6.07, 6.45) is 0. The summed E-state index contributed by atoms with van der Waals surface area (Å²) in [5.74, 6) is 1.96. The summed E-state index contributed by atoms with van der Waals surface area (Å²) in [5, 5.41) is 1.41. The van der Waals surface area contributed by atoms with Crippen LogP contribution >= 0.6 is 46.9 Å². The van der Waals surface area contributed by atoms with Gasteiger partial charge in [-0.3, -0.25) is 4.79 Å². The molecule has 5 heteroatoms. The zero-order valence-corrected chi connectivity index (χ0v) is 13.8. The lowest BCUT2D eigenvalue weighted by Gasteiger charge is -2.10. The molecule has 2 atom stereocenters. The molecule has 102 valence electrons. The lowest BCUT2D eigenvalue weighted by Crippen LogP contribution is -2.07. The van der Waals surface area contributed by atoms with Gasteiger partial charge < -0.3 is 0 Å². The monoisotopic (exact) mass is 330 g/mol. The number of halogens is 1. The highest BCUT2D eigenvalue weighted by Crippen LogP contribution is 2.50. The Balaban J connectivity index is 1.84. The number of carbonyl (C=O) groups excluding carboxylic acids is 1. The second-order valence-corrected chi connectivity index (χ2v) is 8.63. The second-order valence-electron chi connectivity index (χ2n) is 4.35. The van der Waals surface area contributed by atoms with E-state index >= 15 is 0 Å². The highest BCUT2D eigenvalue weighted by Gasteiger charge is 2.27. The fraction of sp³-hybridized carbons (Fsp3) is 0.357. The minimum Gasteiger partial charge on any atom is -0.282 e. The van der Waals surface area contributed by atoms with E-state index in [2.05, 4.69) is 18.7 Å². The summed E-state index contributed by atoms with van der Waals surface area (Å²) in [4.78, 5) is 11.5. The molecule has 0 N–H and O–H groups in total. The average molecular weight is 331 g/mol. The molecule has 0 aromatic heterocycles. The van der Waals surface area contributed by atoms with Crippen LogP contribution in [0, 0.1) is 0 Å². The van der Waals surface area contributed by atoms with Crippen molar-refractivity contribution in [3.05, 3.63) is 47.0 Å². The van der Waals surface area contributed by atoms with Crippen molar-refractivity contribution in [2.24, 2.45) is 0 Å². The maximum absolute atomic E-state index is 11.5. The normalized spacial score (nSPS) is 22.4. The first-order chi connectivity index (χ1) is 9.06. The highest BCUT2D eigenvalue weighted by molar-refractivity contribution is 8.21. The first-order valence-electron chi connectivity index (χ1n) is 5.91. The molecule has 0 radical (unpaired) electrons. The maximum Gasteiger partial charge on any atom is 0.214 e. The predicted molar refractivity (Wildman–Crippen MR) is 90.3 cm³/mol. The molecule has 0 aliphatic carbocycles. The summed E-state index contributed by atoms with van der Waals surface area (Å²) in [6, 6.07) is 8.04. The molecule has 2 unspecified atom stereocenters. The van der Waals surface area contributed by atoms with Gasteiger partial charge in [-0.25, -0.2) is 0 Å². The van der Waals surface area contributed by atoms with Crippen molar-refractivity contribution in [2.75, 3.05) is 11.5 Å². The molecule has 1 nitrogen and oxygen atoms in total. The summed E-state index contributed by atoms with van der Waals surface area (Å²) < 4.78 is 0.461. The first kappa shape index (κ1) is 15.4. The molecule has 0 amide bonds. The largest absolute Gasteiger partial charge is 0.282 e. The number of carbonyl (C=O) groups is 1. The molecule has 0 bridgehead atoms. The quantitative estimate of drug-likeness (QED) is 0.720. The number of hydrogen-bond acceptors (Lipinski definition) is 4. The van der Waals surface area contributed by atoms with Crippen LogP contribution < -0.4 is 0 Å². The van der Waals surface area contributed by atoms with Crippen molar-refractivity contribution in [2.45, 2.75) is 16.8 Å². The molecular weight excluding hydrogens is 316 g/mol. The number of hydrogen-bond donors (Lipinski definition) is 0. The van der Waals surface area contributed by atoms with E-state index in [9.17, 15) is 4.79 Å². The third-order valence-electron chi connectivity index (χ3n) is 2.64. The van der Waals surface area contributed by atoms with E-state index in [0.29, 0.717) is 15.4 Å². The Morgan fingerprint density at radius 2 is 2.16 bits per heavy atom. The molecule has 1 aliphatic heterocycles. The van der Waals surface area contributed by atoms with Gasteiger partial charge in [0.2, 0.25) is 5.12 Å². The Morgan fingerprint density at radius 1 is 1.47 bits per heavy atom. The van der Waals surface area contributed by atoms with Crippen LogP contribution in [-0.4, -0.2) is 21.9 Å². The van der Waals surface area contributed by atoms with Gasteiger partial charge in [-0.1, -0.05) is 42.1 Å². The highest BCUT2D eigenvalue weighted by atomic mass is 35.5. The van der Waals surface area contributed by atoms with Crippen LogP contribution in [0.4, 0.5) is 0 Å². The van der Waals surface area contributed by atoms with Gasteiger partial charge in [0.15, 0.2) is 0 Å². The first-order valence-corrected chi connectivity index (χ1v) is 9.27. The van der Waals surface area contributed by atoms with Gasteiger partial charge in [0.1, 0.15) is 0 Å². The lowest BCUT2D eigenvalue weighted by atomic mass is 10.2. The Labute approximate surface area is 131 Å². The van der Waals surface area contributed by atoms with Gasteiger partial charge in [0, 0.05) is 21.8 Å². The summed E-state index contributed by atoms with van der Waals surface area (Å²) in [5.41, 5.74) is 1.94. The average Bonchev–Trinajstić information content (AvgIpc) is 2.85. The smallest absolute Gasteiger partial charge is 0.214 e. The van der Waals surface area contributed by atoms with Gasteiger partial charge in [-0.2, -0.15) is 0 Å². The van der Waals surface area contributed by atoms with E-state index in [1.165, 1.54) is 17.3 Å². The van der Waals surface area contributed by atoms with Crippen LogP contribution in [0.25, 0.3) is 0 Å². The SMILES string of the molecule is C=C(C)C(=O)SCC1CSC(c2ccc(Cl)cc2)S1. The number of benzene rings is 1. The zero-order chi connectivity index (χ0) is 13.8. The molecule has 1 aromatic rings. The third-order valence-corrected chi connectivity index (χ3v) is 7.64. The van der Waals surface area contributed by atoms with Crippen LogP contribution in [0.15, 0.2) is 36.4 Å². The van der Waals surface area contributed by atoms with Crippen molar-refractivity contribution in [1.82, 2.24) is 0 Å². The minimum absolute atomic E-state index is 0.112. The molecule has 1 aromatic carbocycles. The maximum atomic E-state index is 11.5. The molecule has 1 fully saturated rings. The molecule has 0 saturated carbocycles. The fourth-order valence-corrected chi connectivity index (χ4v) is 6.21. The van der Waals surface area contributed by atoms with E-state index in [-0.39, 0.29) is 5.12 Å².